The highest BCUT2D eigenvalue weighted by atomic mass is 32.1. The van der Waals surface area contributed by atoms with Gasteiger partial charge in [0.1, 0.15) is 0 Å². The number of nitrogens with zero attached hydrogens (tertiary/aromatic N) is 4. The second-order valence-electron chi connectivity index (χ2n) is 4.39. The Morgan fingerprint density at radius 1 is 1.50 bits per heavy atom. The number of rotatable bonds is 6. The van der Waals surface area contributed by atoms with Gasteiger partial charge in [0.05, 0.1) is 22.4 Å². The molecule has 1 N–H and O–H groups in total. The summed E-state index contributed by atoms with van der Waals surface area (Å²) in [7, 11) is 1.89. The minimum absolute atomic E-state index is 0.228. The summed E-state index contributed by atoms with van der Waals surface area (Å²) < 4.78 is 1.73. The molecule has 5 nitrogen and oxygen atoms in total. The van der Waals surface area contributed by atoms with Crippen LogP contribution < -0.4 is 5.32 Å². The van der Waals surface area contributed by atoms with E-state index < -0.39 is 0 Å². The Bertz CT molecular complexity index is 490. The van der Waals surface area contributed by atoms with Crippen molar-refractivity contribution in [1.29, 1.82) is 0 Å². The monoisotopic (exact) mass is 265 g/mol. The van der Waals surface area contributed by atoms with Gasteiger partial charge in [0, 0.05) is 25.0 Å². The van der Waals surface area contributed by atoms with E-state index in [1.807, 2.05) is 20.2 Å². The lowest BCUT2D eigenvalue weighted by Gasteiger charge is -2.14. The van der Waals surface area contributed by atoms with Gasteiger partial charge in [-0.1, -0.05) is 12.1 Å². The summed E-state index contributed by atoms with van der Waals surface area (Å²) in [5, 5.41) is 14.9. The van der Waals surface area contributed by atoms with Gasteiger partial charge in [-0.3, -0.25) is 4.68 Å². The minimum Gasteiger partial charge on any atom is -0.308 e. The molecule has 0 spiro atoms. The van der Waals surface area contributed by atoms with Crippen LogP contribution in [0.15, 0.2) is 11.6 Å². The third-order valence-electron chi connectivity index (χ3n) is 2.70. The molecule has 0 bridgehead atoms. The molecule has 0 aliphatic carbocycles. The maximum Gasteiger partial charge on any atom is 0.0898 e. The number of aryl methyl sites for hydroxylation is 2. The Hall–Kier alpha value is -1.27. The zero-order valence-electron chi connectivity index (χ0n) is 11.1. The first kappa shape index (κ1) is 13.2. The van der Waals surface area contributed by atoms with Crippen LogP contribution in [0.5, 0.6) is 0 Å². The van der Waals surface area contributed by atoms with Crippen LogP contribution in [0.4, 0.5) is 0 Å². The highest BCUT2D eigenvalue weighted by molar-refractivity contribution is 7.09. The van der Waals surface area contributed by atoms with Crippen molar-refractivity contribution in [2.45, 2.75) is 32.7 Å². The highest BCUT2D eigenvalue weighted by Gasteiger charge is 2.16. The zero-order valence-corrected chi connectivity index (χ0v) is 11.9. The number of hydrogen-bond acceptors (Lipinski definition) is 5. The maximum absolute atomic E-state index is 4.57. The SMILES string of the molecule is CCCNC(Cc1cn(C)nn1)c1csc(C)n1. The van der Waals surface area contributed by atoms with Crippen molar-refractivity contribution in [3.05, 3.63) is 28.0 Å². The first-order valence-electron chi connectivity index (χ1n) is 6.19. The predicted octanol–water partition coefficient (Wildman–Crippen LogP) is 1.86. The first-order valence-corrected chi connectivity index (χ1v) is 7.07. The van der Waals surface area contributed by atoms with Gasteiger partial charge < -0.3 is 5.32 Å². The van der Waals surface area contributed by atoms with E-state index in [9.17, 15) is 0 Å². The van der Waals surface area contributed by atoms with Crippen LogP contribution in [0, 0.1) is 6.92 Å². The fraction of sp³-hybridized carbons (Fsp3) is 0.583. The third kappa shape index (κ3) is 3.36. The van der Waals surface area contributed by atoms with Crippen LogP contribution in [0.3, 0.4) is 0 Å². The molecule has 0 aliphatic heterocycles. The van der Waals surface area contributed by atoms with E-state index in [0.29, 0.717) is 0 Å². The van der Waals surface area contributed by atoms with Crippen LogP contribution in [-0.4, -0.2) is 26.5 Å². The van der Waals surface area contributed by atoms with E-state index in [1.54, 1.807) is 16.0 Å². The minimum atomic E-state index is 0.228. The second kappa shape index (κ2) is 6.06. The van der Waals surface area contributed by atoms with Crippen LogP contribution in [-0.2, 0) is 13.5 Å². The van der Waals surface area contributed by atoms with Gasteiger partial charge in [0.15, 0.2) is 0 Å². The summed E-state index contributed by atoms with van der Waals surface area (Å²) >= 11 is 1.69. The Balaban J connectivity index is 2.09. The van der Waals surface area contributed by atoms with Crippen molar-refractivity contribution in [1.82, 2.24) is 25.3 Å². The van der Waals surface area contributed by atoms with Gasteiger partial charge >= 0.3 is 0 Å². The molecule has 18 heavy (non-hydrogen) atoms. The van der Waals surface area contributed by atoms with E-state index in [4.69, 9.17) is 0 Å². The van der Waals surface area contributed by atoms with Crippen LogP contribution >= 0.6 is 11.3 Å². The molecule has 98 valence electrons. The van der Waals surface area contributed by atoms with E-state index in [-0.39, 0.29) is 6.04 Å². The molecule has 0 aromatic carbocycles. The molecule has 2 rings (SSSR count). The van der Waals surface area contributed by atoms with Crippen LogP contribution in [0.1, 0.15) is 35.8 Å². The maximum atomic E-state index is 4.57. The summed E-state index contributed by atoms with van der Waals surface area (Å²) in [5.74, 6) is 0. The molecule has 6 heteroatoms. The lowest BCUT2D eigenvalue weighted by atomic mass is 10.1. The lowest BCUT2D eigenvalue weighted by Crippen LogP contribution is -2.24. The van der Waals surface area contributed by atoms with Gasteiger partial charge in [-0.05, 0) is 19.9 Å². The molecular formula is C12H19N5S. The van der Waals surface area contributed by atoms with Crippen molar-refractivity contribution < 1.29 is 0 Å². The Morgan fingerprint density at radius 2 is 2.33 bits per heavy atom. The van der Waals surface area contributed by atoms with E-state index in [0.717, 1.165) is 35.8 Å². The number of nitrogens with one attached hydrogen (secondary N) is 1. The van der Waals surface area contributed by atoms with Gasteiger partial charge in [0.25, 0.3) is 0 Å². The standard InChI is InChI=1S/C12H19N5S/c1-4-5-13-11(12-8-18-9(2)14-12)6-10-7-17(3)16-15-10/h7-8,11,13H,4-6H2,1-3H3. The van der Waals surface area contributed by atoms with E-state index in [1.165, 1.54) is 0 Å². The topological polar surface area (TPSA) is 55.6 Å². The quantitative estimate of drug-likeness (QED) is 0.866. The molecule has 0 fully saturated rings. The van der Waals surface area contributed by atoms with E-state index >= 15 is 0 Å². The molecule has 1 atom stereocenters. The van der Waals surface area contributed by atoms with Crippen molar-refractivity contribution in [2.24, 2.45) is 7.05 Å². The third-order valence-corrected chi connectivity index (χ3v) is 3.49. The predicted molar refractivity (Wildman–Crippen MR) is 72.6 cm³/mol. The molecule has 0 radical (unpaired) electrons. The molecule has 0 saturated heterocycles. The Morgan fingerprint density at radius 3 is 2.89 bits per heavy atom. The fourth-order valence-corrected chi connectivity index (χ4v) is 2.50. The molecular weight excluding hydrogens is 246 g/mol. The Labute approximate surface area is 111 Å². The highest BCUT2D eigenvalue weighted by Crippen LogP contribution is 2.19. The number of hydrogen-bond donors (Lipinski definition) is 1. The van der Waals surface area contributed by atoms with Crippen molar-refractivity contribution in [3.63, 3.8) is 0 Å². The summed E-state index contributed by atoms with van der Waals surface area (Å²) in [5.41, 5.74) is 2.10. The molecule has 1 unspecified atom stereocenters. The Kier molecular flexibility index (Phi) is 4.43. The normalized spacial score (nSPS) is 12.8. The lowest BCUT2D eigenvalue weighted by molar-refractivity contribution is 0.514. The average molecular weight is 265 g/mol. The molecule has 0 aliphatic rings. The average Bonchev–Trinajstić information content (AvgIpc) is 2.93. The first-order chi connectivity index (χ1) is 8.69. The van der Waals surface area contributed by atoms with Crippen molar-refractivity contribution in [2.75, 3.05) is 6.54 Å². The molecule has 2 aromatic heterocycles. The fourth-order valence-electron chi connectivity index (χ4n) is 1.84. The number of thiazole rings is 1. The second-order valence-corrected chi connectivity index (χ2v) is 5.45. The summed E-state index contributed by atoms with van der Waals surface area (Å²) in [6, 6.07) is 0.228. The van der Waals surface area contributed by atoms with Crippen molar-refractivity contribution >= 4 is 11.3 Å². The summed E-state index contributed by atoms with van der Waals surface area (Å²) in [6.07, 6.45) is 3.90. The molecule has 2 aromatic rings. The molecule has 2 heterocycles. The molecule has 0 amide bonds. The van der Waals surface area contributed by atoms with Gasteiger partial charge in [-0.25, -0.2) is 4.98 Å². The summed E-state index contributed by atoms with van der Waals surface area (Å²) in [6.45, 7) is 5.19. The van der Waals surface area contributed by atoms with Gasteiger partial charge in [-0.15, -0.1) is 16.4 Å². The molecule has 0 saturated carbocycles. The van der Waals surface area contributed by atoms with Crippen LogP contribution in [0.2, 0.25) is 0 Å². The number of aromatic nitrogens is 4. The van der Waals surface area contributed by atoms with Gasteiger partial charge in [-0.2, -0.15) is 0 Å². The largest absolute Gasteiger partial charge is 0.308 e. The van der Waals surface area contributed by atoms with Gasteiger partial charge in [0.2, 0.25) is 0 Å². The van der Waals surface area contributed by atoms with E-state index in [2.05, 4.69) is 32.9 Å². The summed E-state index contributed by atoms with van der Waals surface area (Å²) in [4.78, 5) is 4.57. The van der Waals surface area contributed by atoms with Crippen molar-refractivity contribution in [3.8, 4) is 0 Å². The smallest absolute Gasteiger partial charge is 0.0898 e. The van der Waals surface area contributed by atoms with Crippen LogP contribution in [0.25, 0.3) is 0 Å². The zero-order chi connectivity index (χ0) is 13.0.